The summed E-state index contributed by atoms with van der Waals surface area (Å²) >= 11 is 0. The van der Waals surface area contributed by atoms with Gasteiger partial charge in [-0.2, -0.15) is 0 Å². The molecule has 0 amide bonds. The Morgan fingerprint density at radius 2 is 1.77 bits per heavy atom. The topological polar surface area (TPSA) is 35.5 Å². The van der Waals surface area contributed by atoms with Gasteiger partial charge in [-0.05, 0) is 12.8 Å². The summed E-state index contributed by atoms with van der Waals surface area (Å²) in [5.41, 5.74) is 0. The molecule has 0 aromatic heterocycles. The first-order valence-corrected chi connectivity index (χ1v) is 4.78. The summed E-state index contributed by atoms with van der Waals surface area (Å²) in [5, 5.41) is 0. The van der Waals surface area contributed by atoms with Gasteiger partial charge in [0.25, 0.3) is 0 Å². The first kappa shape index (κ1) is 12.6. The van der Waals surface area contributed by atoms with Crippen molar-refractivity contribution in [2.24, 2.45) is 5.92 Å². The maximum atomic E-state index is 10.5. The second-order valence-corrected chi connectivity index (χ2v) is 3.53. The van der Waals surface area contributed by atoms with E-state index in [-0.39, 0.29) is 5.78 Å². The standard InChI is InChI=1S/C10H20O3/c1-9(2)8-13-7-6-12-5-4-10(3)11/h9H,4-8H2,1-3H3. The van der Waals surface area contributed by atoms with Gasteiger partial charge in [-0.15, -0.1) is 0 Å². The molecule has 0 spiro atoms. The van der Waals surface area contributed by atoms with Gasteiger partial charge in [-0.25, -0.2) is 0 Å². The van der Waals surface area contributed by atoms with Gasteiger partial charge in [0.15, 0.2) is 0 Å². The van der Waals surface area contributed by atoms with E-state index in [9.17, 15) is 4.79 Å². The van der Waals surface area contributed by atoms with Gasteiger partial charge in [-0.1, -0.05) is 13.8 Å². The van der Waals surface area contributed by atoms with Crippen LogP contribution in [-0.4, -0.2) is 32.2 Å². The molecule has 0 aromatic carbocycles. The van der Waals surface area contributed by atoms with E-state index in [2.05, 4.69) is 13.8 Å². The highest BCUT2D eigenvalue weighted by molar-refractivity contribution is 5.75. The molecule has 0 saturated heterocycles. The Balaban J connectivity index is 2.96. The molecule has 0 aliphatic carbocycles. The Kier molecular flexibility index (Phi) is 7.94. The fraction of sp³-hybridized carbons (Fsp3) is 0.900. The number of hydrogen-bond acceptors (Lipinski definition) is 3. The number of rotatable bonds is 8. The van der Waals surface area contributed by atoms with Crippen molar-refractivity contribution in [3.05, 3.63) is 0 Å². The molecule has 0 aromatic rings. The Labute approximate surface area is 80.4 Å². The van der Waals surface area contributed by atoms with Crippen LogP contribution in [0.5, 0.6) is 0 Å². The summed E-state index contributed by atoms with van der Waals surface area (Å²) in [7, 11) is 0. The van der Waals surface area contributed by atoms with Crippen LogP contribution in [-0.2, 0) is 14.3 Å². The SMILES string of the molecule is CC(=O)CCOCCOCC(C)C. The summed E-state index contributed by atoms with van der Waals surface area (Å²) < 4.78 is 10.5. The second kappa shape index (κ2) is 8.20. The van der Waals surface area contributed by atoms with Crippen LogP contribution in [0.4, 0.5) is 0 Å². The highest BCUT2D eigenvalue weighted by atomic mass is 16.5. The van der Waals surface area contributed by atoms with Gasteiger partial charge in [0.1, 0.15) is 5.78 Å². The number of ketones is 1. The smallest absolute Gasteiger partial charge is 0.132 e. The van der Waals surface area contributed by atoms with Crippen molar-refractivity contribution in [1.29, 1.82) is 0 Å². The van der Waals surface area contributed by atoms with Crippen molar-refractivity contribution in [2.45, 2.75) is 27.2 Å². The fourth-order valence-corrected chi connectivity index (χ4v) is 0.755. The Bertz CT molecular complexity index is 132. The van der Waals surface area contributed by atoms with Gasteiger partial charge in [-0.3, -0.25) is 4.79 Å². The lowest BCUT2D eigenvalue weighted by atomic mass is 10.2. The van der Waals surface area contributed by atoms with Gasteiger partial charge < -0.3 is 9.47 Å². The minimum Gasteiger partial charge on any atom is -0.379 e. The lowest BCUT2D eigenvalue weighted by Gasteiger charge is -2.06. The summed E-state index contributed by atoms with van der Waals surface area (Å²) in [6.45, 7) is 8.28. The first-order chi connectivity index (χ1) is 6.13. The van der Waals surface area contributed by atoms with Crippen LogP contribution >= 0.6 is 0 Å². The van der Waals surface area contributed by atoms with Crippen LogP contribution in [0.3, 0.4) is 0 Å². The van der Waals surface area contributed by atoms with E-state index >= 15 is 0 Å². The van der Waals surface area contributed by atoms with Crippen LogP contribution in [0.2, 0.25) is 0 Å². The molecule has 3 nitrogen and oxygen atoms in total. The number of Topliss-reactive ketones (excluding diaryl/α,β-unsaturated/α-hetero) is 1. The van der Waals surface area contributed by atoms with Crippen molar-refractivity contribution >= 4 is 5.78 Å². The van der Waals surface area contributed by atoms with Gasteiger partial charge in [0, 0.05) is 13.0 Å². The highest BCUT2D eigenvalue weighted by Gasteiger charge is 1.95. The van der Waals surface area contributed by atoms with E-state index in [0.717, 1.165) is 6.61 Å². The highest BCUT2D eigenvalue weighted by Crippen LogP contribution is 1.92. The quantitative estimate of drug-likeness (QED) is 0.543. The Hall–Kier alpha value is -0.410. The molecular formula is C10H20O3. The molecule has 0 aliphatic heterocycles. The molecule has 0 heterocycles. The summed E-state index contributed by atoms with van der Waals surface area (Å²) in [6, 6.07) is 0. The summed E-state index contributed by atoms with van der Waals surface area (Å²) in [5.74, 6) is 0.736. The molecular weight excluding hydrogens is 168 g/mol. The number of carbonyl (C=O) groups is 1. The molecule has 0 fully saturated rings. The van der Waals surface area contributed by atoms with E-state index < -0.39 is 0 Å². The van der Waals surface area contributed by atoms with E-state index in [1.165, 1.54) is 0 Å². The van der Waals surface area contributed by atoms with Crippen LogP contribution < -0.4 is 0 Å². The van der Waals surface area contributed by atoms with Crippen molar-refractivity contribution < 1.29 is 14.3 Å². The maximum Gasteiger partial charge on any atom is 0.132 e. The maximum absolute atomic E-state index is 10.5. The average molecular weight is 188 g/mol. The Morgan fingerprint density at radius 3 is 2.31 bits per heavy atom. The lowest BCUT2D eigenvalue weighted by Crippen LogP contribution is -2.10. The van der Waals surface area contributed by atoms with Gasteiger partial charge in [0.05, 0.1) is 19.8 Å². The summed E-state index contributed by atoms with van der Waals surface area (Å²) in [6.07, 6.45) is 0.504. The largest absolute Gasteiger partial charge is 0.379 e. The van der Waals surface area contributed by atoms with Crippen molar-refractivity contribution in [3.63, 3.8) is 0 Å². The predicted molar refractivity (Wildman–Crippen MR) is 51.8 cm³/mol. The summed E-state index contributed by atoms with van der Waals surface area (Å²) in [4.78, 5) is 10.5. The minimum absolute atomic E-state index is 0.170. The third kappa shape index (κ3) is 11.6. The molecule has 0 aliphatic rings. The van der Waals surface area contributed by atoms with E-state index in [1.807, 2.05) is 0 Å². The zero-order valence-corrected chi connectivity index (χ0v) is 8.84. The monoisotopic (exact) mass is 188 g/mol. The molecule has 0 saturated carbocycles. The van der Waals surface area contributed by atoms with Crippen LogP contribution in [0.25, 0.3) is 0 Å². The molecule has 0 unspecified atom stereocenters. The van der Waals surface area contributed by atoms with E-state index in [1.54, 1.807) is 6.92 Å². The normalized spacial score (nSPS) is 10.8. The molecule has 78 valence electrons. The lowest BCUT2D eigenvalue weighted by molar-refractivity contribution is -0.118. The molecule has 0 bridgehead atoms. The van der Waals surface area contributed by atoms with Gasteiger partial charge in [0.2, 0.25) is 0 Å². The van der Waals surface area contributed by atoms with Gasteiger partial charge >= 0.3 is 0 Å². The molecule has 0 atom stereocenters. The fourth-order valence-electron chi connectivity index (χ4n) is 0.755. The third-order valence-corrected chi connectivity index (χ3v) is 1.42. The first-order valence-electron chi connectivity index (χ1n) is 4.78. The zero-order chi connectivity index (χ0) is 10.1. The third-order valence-electron chi connectivity index (χ3n) is 1.42. The number of carbonyl (C=O) groups excluding carboxylic acids is 1. The predicted octanol–water partition coefficient (Wildman–Crippen LogP) is 1.65. The van der Waals surface area contributed by atoms with Crippen LogP contribution in [0, 0.1) is 5.92 Å². The second-order valence-electron chi connectivity index (χ2n) is 3.53. The zero-order valence-electron chi connectivity index (χ0n) is 8.84. The number of hydrogen-bond donors (Lipinski definition) is 0. The van der Waals surface area contributed by atoms with E-state index in [0.29, 0.717) is 32.2 Å². The van der Waals surface area contributed by atoms with Crippen LogP contribution in [0.1, 0.15) is 27.2 Å². The molecule has 3 heteroatoms. The minimum atomic E-state index is 0.170. The van der Waals surface area contributed by atoms with E-state index in [4.69, 9.17) is 9.47 Å². The molecule has 0 radical (unpaired) electrons. The average Bonchev–Trinajstić information content (AvgIpc) is 2.01. The van der Waals surface area contributed by atoms with Crippen molar-refractivity contribution in [1.82, 2.24) is 0 Å². The molecule has 0 N–H and O–H groups in total. The number of ether oxygens (including phenoxy) is 2. The molecule has 13 heavy (non-hydrogen) atoms. The molecule has 0 rings (SSSR count). The van der Waals surface area contributed by atoms with Crippen molar-refractivity contribution in [2.75, 3.05) is 26.4 Å². The van der Waals surface area contributed by atoms with Crippen LogP contribution in [0.15, 0.2) is 0 Å². The van der Waals surface area contributed by atoms with Crippen molar-refractivity contribution in [3.8, 4) is 0 Å². The Morgan fingerprint density at radius 1 is 1.15 bits per heavy atom.